The maximum Gasteiger partial charge on any atom is 0.331 e. The van der Waals surface area contributed by atoms with Gasteiger partial charge < -0.3 is 15.0 Å². The number of anilines is 3. The van der Waals surface area contributed by atoms with Gasteiger partial charge in [0.15, 0.2) is 5.65 Å². The molecular formula is C22H24N8O3. The van der Waals surface area contributed by atoms with Crippen LogP contribution < -0.4 is 15.5 Å². The van der Waals surface area contributed by atoms with Crippen molar-refractivity contribution in [3.8, 4) is 0 Å². The fraction of sp³-hybridized carbons (Fsp3) is 0.364. The molecule has 11 nitrogen and oxygen atoms in total. The van der Waals surface area contributed by atoms with Crippen LogP contribution in [0.25, 0.3) is 5.65 Å². The molecule has 5 rings (SSSR count). The monoisotopic (exact) mass is 448 g/mol. The number of imidazole rings is 1. The van der Waals surface area contributed by atoms with Crippen LogP contribution in [0.2, 0.25) is 0 Å². The number of pyridine rings is 1. The number of aromatic nitrogens is 4. The Morgan fingerprint density at radius 3 is 2.64 bits per heavy atom. The zero-order valence-electron chi connectivity index (χ0n) is 18.4. The molecule has 1 aliphatic heterocycles. The van der Waals surface area contributed by atoms with Gasteiger partial charge in [-0.1, -0.05) is 6.92 Å². The van der Waals surface area contributed by atoms with E-state index in [-0.39, 0.29) is 30.3 Å². The lowest BCUT2D eigenvalue weighted by Gasteiger charge is -2.16. The summed E-state index contributed by atoms with van der Waals surface area (Å²) in [5.74, 6) is 0.844. The third-order valence-electron chi connectivity index (χ3n) is 5.84. The minimum Gasteiger partial charge on any atom is -0.364 e. The van der Waals surface area contributed by atoms with Crippen LogP contribution in [0.15, 0.2) is 30.9 Å². The summed E-state index contributed by atoms with van der Waals surface area (Å²) in [4.78, 5) is 52.2. The van der Waals surface area contributed by atoms with Crippen molar-refractivity contribution in [2.75, 3.05) is 29.1 Å². The van der Waals surface area contributed by atoms with E-state index in [1.807, 2.05) is 29.8 Å². The standard InChI is InChI=1S/C22H24N8O3/c1-3-13-6-16(30-11-19(31)28(2)22(30)33)20-26-15(10-29(20)9-13)8-23-17-7-18(25-12-24-17)27-21(32)14-4-5-14/h6-7,9-10,12,14H,3-5,8,11H2,1-2H3,(H2,23,24,25,27,32). The van der Waals surface area contributed by atoms with Crippen molar-refractivity contribution in [3.05, 3.63) is 42.1 Å². The molecule has 1 saturated heterocycles. The van der Waals surface area contributed by atoms with Gasteiger partial charge in [-0.25, -0.2) is 19.7 Å². The molecule has 0 atom stereocenters. The van der Waals surface area contributed by atoms with E-state index in [9.17, 15) is 14.4 Å². The lowest BCUT2D eigenvalue weighted by Crippen LogP contribution is -2.30. The summed E-state index contributed by atoms with van der Waals surface area (Å²) < 4.78 is 1.88. The number of hydrogen-bond acceptors (Lipinski definition) is 7. The summed E-state index contributed by atoms with van der Waals surface area (Å²) in [7, 11) is 1.48. The van der Waals surface area contributed by atoms with Crippen molar-refractivity contribution in [2.24, 2.45) is 5.92 Å². The summed E-state index contributed by atoms with van der Waals surface area (Å²) in [6.45, 7) is 2.40. The van der Waals surface area contributed by atoms with Gasteiger partial charge in [0.05, 0.1) is 17.9 Å². The number of fused-ring (bicyclic) bond motifs is 1. The smallest absolute Gasteiger partial charge is 0.331 e. The third kappa shape index (κ3) is 4.09. The molecule has 2 fully saturated rings. The molecule has 1 aliphatic carbocycles. The Labute approximate surface area is 189 Å². The highest BCUT2D eigenvalue weighted by atomic mass is 16.2. The third-order valence-corrected chi connectivity index (χ3v) is 5.84. The van der Waals surface area contributed by atoms with Crippen LogP contribution in [0.3, 0.4) is 0 Å². The number of carbonyl (C=O) groups excluding carboxylic acids is 3. The summed E-state index contributed by atoms with van der Waals surface area (Å²) in [5.41, 5.74) is 2.96. The second-order valence-corrected chi connectivity index (χ2v) is 8.28. The number of nitrogens with zero attached hydrogens (tertiary/aromatic N) is 6. The van der Waals surface area contributed by atoms with Crippen molar-refractivity contribution in [1.29, 1.82) is 0 Å². The van der Waals surface area contributed by atoms with Crippen LogP contribution in [0.4, 0.5) is 22.1 Å². The molecular weight excluding hydrogens is 424 g/mol. The normalized spacial score (nSPS) is 16.1. The number of imide groups is 1. The van der Waals surface area contributed by atoms with E-state index in [0.717, 1.165) is 35.4 Å². The van der Waals surface area contributed by atoms with E-state index in [1.165, 1.54) is 18.3 Å². The number of rotatable bonds is 7. The van der Waals surface area contributed by atoms with E-state index in [0.29, 0.717) is 29.5 Å². The molecule has 170 valence electrons. The largest absolute Gasteiger partial charge is 0.364 e. The first-order chi connectivity index (χ1) is 15.9. The Hall–Kier alpha value is -4.02. The first-order valence-corrected chi connectivity index (χ1v) is 10.9. The highest BCUT2D eigenvalue weighted by molar-refractivity contribution is 6.13. The number of nitrogens with one attached hydrogen (secondary N) is 2. The second kappa shape index (κ2) is 8.15. The zero-order valence-corrected chi connectivity index (χ0v) is 18.4. The Morgan fingerprint density at radius 2 is 1.94 bits per heavy atom. The zero-order chi connectivity index (χ0) is 23.1. The Kier molecular flexibility index (Phi) is 5.15. The Bertz CT molecular complexity index is 1270. The molecule has 4 amide bonds. The van der Waals surface area contributed by atoms with Crippen LogP contribution in [0.1, 0.15) is 31.0 Å². The number of urea groups is 1. The summed E-state index contributed by atoms with van der Waals surface area (Å²) >= 11 is 0. The average Bonchev–Trinajstić information content (AvgIpc) is 3.54. The van der Waals surface area contributed by atoms with Gasteiger partial charge >= 0.3 is 6.03 Å². The van der Waals surface area contributed by atoms with Gasteiger partial charge in [0.25, 0.3) is 0 Å². The number of aryl methyl sites for hydroxylation is 1. The van der Waals surface area contributed by atoms with Gasteiger partial charge in [-0.15, -0.1) is 0 Å². The van der Waals surface area contributed by atoms with Gasteiger partial charge in [-0.05, 0) is 30.9 Å². The van der Waals surface area contributed by atoms with E-state index in [2.05, 4.69) is 20.6 Å². The van der Waals surface area contributed by atoms with Crippen LogP contribution in [-0.4, -0.2) is 55.7 Å². The van der Waals surface area contributed by atoms with Crippen molar-refractivity contribution in [1.82, 2.24) is 24.3 Å². The van der Waals surface area contributed by atoms with Crippen LogP contribution in [0.5, 0.6) is 0 Å². The topological polar surface area (TPSA) is 125 Å². The van der Waals surface area contributed by atoms with Gasteiger partial charge in [0.2, 0.25) is 11.8 Å². The lowest BCUT2D eigenvalue weighted by molar-refractivity contribution is -0.124. The van der Waals surface area contributed by atoms with Crippen LogP contribution in [0, 0.1) is 5.92 Å². The first-order valence-electron chi connectivity index (χ1n) is 10.9. The number of carbonyl (C=O) groups is 3. The molecule has 0 aromatic carbocycles. The van der Waals surface area contributed by atoms with E-state index in [1.54, 1.807) is 6.07 Å². The van der Waals surface area contributed by atoms with E-state index < -0.39 is 0 Å². The highest BCUT2D eigenvalue weighted by Gasteiger charge is 2.35. The van der Waals surface area contributed by atoms with Gasteiger partial charge in [-0.2, -0.15) is 0 Å². The molecule has 4 heterocycles. The Balaban J connectivity index is 1.37. The molecule has 0 bridgehead atoms. The fourth-order valence-corrected chi connectivity index (χ4v) is 3.73. The maximum atomic E-state index is 12.6. The predicted octanol–water partition coefficient (Wildman–Crippen LogP) is 2.05. The van der Waals surface area contributed by atoms with Gasteiger partial charge in [0, 0.05) is 31.4 Å². The molecule has 33 heavy (non-hydrogen) atoms. The average molecular weight is 448 g/mol. The van der Waals surface area contributed by atoms with Crippen molar-refractivity contribution in [2.45, 2.75) is 32.7 Å². The molecule has 2 N–H and O–H groups in total. The van der Waals surface area contributed by atoms with Crippen molar-refractivity contribution < 1.29 is 14.4 Å². The minimum atomic E-state index is -0.361. The highest BCUT2D eigenvalue weighted by Crippen LogP contribution is 2.30. The molecule has 0 spiro atoms. The molecule has 1 saturated carbocycles. The number of amides is 4. The quantitative estimate of drug-likeness (QED) is 0.530. The van der Waals surface area contributed by atoms with Crippen LogP contribution in [-0.2, 0) is 22.6 Å². The maximum absolute atomic E-state index is 12.6. The molecule has 0 radical (unpaired) electrons. The second-order valence-electron chi connectivity index (χ2n) is 8.28. The lowest BCUT2D eigenvalue weighted by atomic mass is 10.2. The molecule has 3 aromatic rings. The molecule has 11 heteroatoms. The van der Waals surface area contributed by atoms with Crippen molar-refractivity contribution in [3.63, 3.8) is 0 Å². The summed E-state index contributed by atoms with van der Waals surface area (Å²) in [6, 6.07) is 3.23. The minimum absolute atomic E-state index is 0.00507. The van der Waals surface area contributed by atoms with Crippen LogP contribution >= 0.6 is 0 Å². The fourth-order valence-electron chi connectivity index (χ4n) is 3.73. The summed E-state index contributed by atoms with van der Waals surface area (Å²) in [6.07, 6.45) is 7.87. The summed E-state index contributed by atoms with van der Waals surface area (Å²) in [5, 5.41) is 6.01. The number of hydrogen-bond donors (Lipinski definition) is 2. The molecule has 2 aliphatic rings. The Morgan fingerprint density at radius 1 is 1.15 bits per heavy atom. The molecule has 0 unspecified atom stereocenters. The van der Waals surface area contributed by atoms with Gasteiger partial charge in [0.1, 0.15) is 24.5 Å². The number of likely N-dealkylation sites (N-methyl/N-ethyl adjacent to an activating group) is 1. The van der Waals surface area contributed by atoms with Gasteiger partial charge in [-0.3, -0.25) is 19.4 Å². The van der Waals surface area contributed by atoms with Crippen molar-refractivity contribution >= 4 is 40.8 Å². The van der Waals surface area contributed by atoms with E-state index >= 15 is 0 Å². The SMILES string of the molecule is CCc1cc(N2CC(=O)N(C)C2=O)c2nc(CNc3cc(NC(=O)C4CC4)ncn3)cn2c1. The van der Waals surface area contributed by atoms with E-state index in [4.69, 9.17) is 4.98 Å². The molecule has 3 aromatic heterocycles. The first kappa shape index (κ1) is 20.9. The predicted molar refractivity (Wildman–Crippen MR) is 121 cm³/mol.